The number of methoxy groups -OCH3 is 1. The molecule has 16 heavy (non-hydrogen) atoms. The van der Waals surface area contributed by atoms with Crippen LogP contribution in [0.3, 0.4) is 0 Å². The number of anilines is 1. The van der Waals surface area contributed by atoms with Crippen molar-refractivity contribution >= 4 is 5.82 Å². The zero-order valence-electron chi connectivity index (χ0n) is 9.45. The van der Waals surface area contributed by atoms with E-state index in [0.29, 0.717) is 11.7 Å². The lowest BCUT2D eigenvalue weighted by molar-refractivity contribution is 0.407. The van der Waals surface area contributed by atoms with Crippen LogP contribution in [0.25, 0.3) is 0 Å². The van der Waals surface area contributed by atoms with Gasteiger partial charge in [-0.05, 0) is 18.8 Å². The Morgan fingerprint density at radius 1 is 1.56 bits per heavy atom. The van der Waals surface area contributed by atoms with E-state index in [0.717, 1.165) is 6.54 Å². The fourth-order valence-corrected chi connectivity index (χ4v) is 2.16. The highest BCUT2D eigenvalue weighted by atomic mass is 16.5. The summed E-state index contributed by atoms with van der Waals surface area (Å²) in [6, 6.07) is 0. The molecule has 0 spiro atoms. The van der Waals surface area contributed by atoms with Crippen molar-refractivity contribution < 1.29 is 4.74 Å². The van der Waals surface area contributed by atoms with Gasteiger partial charge in [0.15, 0.2) is 5.82 Å². The summed E-state index contributed by atoms with van der Waals surface area (Å²) in [5.41, 5.74) is -0.244. The minimum Gasteiger partial charge on any atom is -0.489 e. The van der Waals surface area contributed by atoms with Gasteiger partial charge in [0.05, 0.1) is 13.4 Å². The highest BCUT2D eigenvalue weighted by molar-refractivity contribution is 5.47. The lowest BCUT2D eigenvalue weighted by Gasteiger charge is -2.12. The number of aromatic nitrogens is 2. The fraction of sp³-hybridized carbons (Fsp3) is 0.636. The predicted molar refractivity (Wildman–Crippen MR) is 61.9 cm³/mol. The van der Waals surface area contributed by atoms with E-state index in [-0.39, 0.29) is 11.3 Å². The molecule has 0 aliphatic heterocycles. The summed E-state index contributed by atoms with van der Waals surface area (Å²) in [7, 11) is 1.48. The number of rotatable bonds is 4. The summed E-state index contributed by atoms with van der Waals surface area (Å²) in [4.78, 5) is 18.0. The maximum absolute atomic E-state index is 11.4. The van der Waals surface area contributed by atoms with E-state index >= 15 is 0 Å². The van der Waals surface area contributed by atoms with Gasteiger partial charge in [-0.2, -0.15) is 0 Å². The van der Waals surface area contributed by atoms with Crippen LogP contribution in [0.5, 0.6) is 5.75 Å². The van der Waals surface area contributed by atoms with E-state index < -0.39 is 0 Å². The normalized spacial score (nSPS) is 16.3. The zero-order chi connectivity index (χ0) is 11.4. The Bertz CT molecular complexity index is 396. The van der Waals surface area contributed by atoms with E-state index in [1.165, 1.54) is 39.1 Å². The molecule has 1 aliphatic rings. The third kappa shape index (κ3) is 2.35. The molecule has 1 aromatic heterocycles. The largest absolute Gasteiger partial charge is 0.489 e. The number of ether oxygens (including phenoxy) is 1. The molecule has 0 unspecified atom stereocenters. The summed E-state index contributed by atoms with van der Waals surface area (Å²) in [6.45, 7) is 0.868. The fourth-order valence-electron chi connectivity index (χ4n) is 2.16. The molecule has 88 valence electrons. The average Bonchev–Trinajstić information content (AvgIpc) is 2.79. The average molecular weight is 223 g/mol. The van der Waals surface area contributed by atoms with Crippen molar-refractivity contribution in [3.05, 3.63) is 16.7 Å². The third-order valence-corrected chi connectivity index (χ3v) is 3.05. The Kier molecular flexibility index (Phi) is 3.44. The second-order valence-electron chi connectivity index (χ2n) is 4.14. The summed E-state index contributed by atoms with van der Waals surface area (Å²) in [6.07, 6.45) is 6.54. The highest BCUT2D eigenvalue weighted by Gasteiger charge is 2.16. The van der Waals surface area contributed by atoms with Crippen LogP contribution >= 0.6 is 0 Å². The number of aromatic amines is 1. The Morgan fingerprint density at radius 3 is 3.00 bits per heavy atom. The second-order valence-corrected chi connectivity index (χ2v) is 4.14. The van der Waals surface area contributed by atoms with Crippen LogP contribution in [-0.4, -0.2) is 23.6 Å². The van der Waals surface area contributed by atoms with Crippen LogP contribution in [0, 0.1) is 5.92 Å². The lowest BCUT2D eigenvalue weighted by Crippen LogP contribution is -2.17. The van der Waals surface area contributed by atoms with Gasteiger partial charge in [0.25, 0.3) is 5.56 Å². The van der Waals surface area contributed by atoms with Gasteiger partial charge in [-0.25, -0.2) is 4.98 Å². The van der Waals surface area contributed by atoms with Crippen molar-refractivity contribution in [1.29, 1.82) is 0 Å². The van der Waals surface area contributed by atoms with Gasteiger partial charge in [0, 0.05) is 6.54 Å². The van der Waals surface area contributed by atoms with Crippen molar-refractivity contribution in [2.24, 2.45) is 5.92 Å². The maximum atomic E-state index is 11.4. The molecule has 5 nitrogen and oxygen atoms in total. The molecule has 5 heteroatoms. The number of nitrogens with zero attached hydrogens (tertiary/aromatic N) is 1. The zero-order valence-corrected chi connectivity index (χ0v) is 9.45. The van der Waals surface area contributed by atoms with Crippen LogP contribution in [0.1, 0.15) is 25.7 Å². The second kappa shape index (κ2) is 5.01. The third-order valence-electron chi connectivity index (χ3n) is 3.05. The van der Waals surface area contributed by atoms with Crippen molar-refractivity contribution in [3.63, 3.8) is 0 Å². The molecule has 2 rings (SSSR count). The van der Waals surface area contributed by atoms with Gasteiger partial charge in [0.1, 0.15) is 0 Å². The molecule has 0 bridgehead atoms. The first kappa shape index (κ1) is 11.0. The number of H-pyrrole nitrogens is 1. The van der Waals surface area contributed by atoms with E-state index in [1.807, 2.05) is 0 Å². The van der Waals surface area contributed by atoms with Crippen molar-refractivity contribution in [3.8, 4) is 5.75 Å². The van der Waals surface area contributed by atoms with Crippen LogP contribution < -0.4 is 15.6 Å². The lowest BCUT2D eigenvalue weighted by atomic mass is 10.1. The van der Waals surface area contributed by atoms with Crippen LogP contribution in [0.2, 0.25) is 0 Å². The molecule has 0 aromatic carbocycles. The van der Waals surface area contributed by atoms with E-state index in [2.05, 4.69) is 15.3 Å². The molecule has 2 N–H and O–H groups in total. The van der Waals surface area contributed by atoms with Crippen LogP contribution in [0.15, 0.2) is 11.1 Å². The summed E-state index contributed by atoms with van der Waals surface area (Å²) >= 11 is 0. The van der Waals surface area contributed by atoms with Gasteiger partial charge < -0.3 is 15.0 Å². The SMILES string of the molecule is COc1c(NCC2CCCC2)nc[nH]c1=O. The summed E-state index contributed by atoms with van der Waals surface area (Å²) in [5.74, 6) is 1.50. The van der Waals surface area contributed by atoms with Gasteiger partial charge in [-0.1, -0.05) is 12.8 Å². The van der Waals surface area contributed by atoms with Gasteiger partial charge in [-0.15, -0.1) is 0 Å². The Hall–Kier alpha value is -1.52. The first-order valence-corrected chi connectivity index (χ1v) is 5.67. The topological polar surface area (TPSA) is 67.0 Å². The van der Waals surface area contributed by atoms with Gasteiger partial charge >= 0.3 is 0 Å². The standard InChI is InChI=1S/C11H17N3O2/c1-16-9-10(13-7-14-11(9)15)12-6-8-4-2-3-5-8/h7-8H,2-6H2,1H3,(H2,12,13,14,15). The number of nitrogens with one attached hydrogen (secondary N) is 2. The molecular formula is C11H17N3O2. The minimum atomic E-state index is -0.244. The molecule has 1 saturated carbocycles. The van der Waals surface area contributed by atoms with E-state index in [4.69, 9.17) is 4.74 Å². The quantitative estimate of drug-likeness (QED) is 0.809. The maximum Gasteiger partial charge on any atom is 0.295 e. The van der Waals surface area contributed by atoms with Crippen molar-refractivity contribution in [2.75, 3.05) is 19.0 Å². The van der Waals surface area contributed by atoms with Crippen molar-refractivity contribution in [2.45, 2.75) is 25.7 Å². The first-order chi connectivity index (χ1) is 7.81. The van der Waals surface area contributed by atoms with Crippen LogP contribution in [-0.2, 0) is 0 Å². The Balaban J connectivity index is 2.02. The summed E-state index contributed by atoms with van der Waals surface area (Å²) < 4.78 is 5.02. The molecule has 0 radical (unpaired) electrons. The van der Waals surface area contributed by atoms with E-state index in [9.17, 15) is 4.79 Å². The molecule has 0 atom stereocenters. The monoisotopic (exact) mass is 223 g/mol. The Morgan fingerprint density at radius 2 is 2.31 bits per heavy atom. The van der Waals surface area contributed by atoms with Crippen molar-refractivity contribution in [1.82, 2.24) is 9.97 Å². The molecule has 1 heterocycles. The minimum absolute atomic E-state index is 0.244. The number of hydrogen-bond acceptors (Lipinski definition) is 4. The first-order valence-electron chi connectivity index (χ1n) is 5.67. The molecule has 0 saturated heterocycles. The highest BCUT2D eigenvalue weighted by Crippen LogP contribution is 2.25. The Labute approximate surface area is 94.2 Å². The number of hydrogen-bond donors (Lipinski definition) is 2. The summed E-state index contributed by atoms with van der Waals surface area (Å²) in [5, 5.41) is 3.19. The predicted octanol–water partition coefficient (Wildman–Crippen LogP) is 1.38. The van der Waals surface area contributed by atoms with Gasteiger partial charge in [0.2, 0.25) is 5.75 Å². The smallest absolute Gasteiger partial charge is 0.295 e. The molecule has 1 aromatic rings. The molecule has 1 aliphatic carbocycles. The van der Waals surface area contributed by atoms with Crippen LogP contribution in [0.4, 0.5) is 5.82 Å². The van der Waals surface area contributed by atoms with E-state index in [1.54, 1.807) is 0 Å². The van der Waals surface area contributed by atoms with Gasteiger partial charge in [-0.3, -0.25) is 4.79 Å². The molecule has 1 fully saturated rings. The molecule has 0 amide bonds. The molecular weight excluding hydrogens is 206 g/mol.